The number of rotatable bonds is 5. The zero-order valence-corrected chi connectivity index (χ0v) is 13.9. The normalized spacial score (nSPS) is 11.8. The van der Waals surface area contributed by atoms with Gasteiger partial charge < -0.3 is 4.74 Å². The van der Waals surface area contributed by atoms with Gasteiger partial charge in [0, 0.05) is 5.02 Å². The molecular weight excluding hydrogens is 334 g/mol. The number of benzene rings is 2. The quantitative estimate of drug-likeness (QED) is 0.771. The summed E-state index contributed by atoms with van der Waals surface area (Å²) in [6, 6.07) is 15.0. The SMILES string of the molecule is COc1ccc(CS(=O)(=O)C(C#N)=Cc2ccc(Cl)cc2)cc1. The number of methoxy groups -OCH3 is 1. The third-order valence-corrected chi connectivity index (χ3v) is 4.97. The highest BCUT2D eigenvalue weighted by Crippen LogP contribution is 2.20. The summed E-state index contributed by atoms with van der Waals surface area (Å²) in [6.07, 6.45) is 1.34. The molecule has 4 nitrogen and oxygen atoms in total. The Hall–Kier alpha value is -2.29. The molecule has 0 spiro atoms. The summed E-state index contributed by atoms with van der Waals surface area (Å²) in [4.78, 5) is -0.282. The number of ether oxygens (including phenoxy) is 1. The van der Waals surface area contributed by atoms with Gasteiger partial charge in [-0.3, -0.25) is 0 Å². The van der Waals surface area contributed by atoms with Crippen LogP contribution in [0.15, 0.2) is 53.4 Å². The van der Waals surface area contributed by atoms with E-state index in [4.69, 9.17) is 16.3 Å². The number of sulfone groups is 1. The lowest BCUT2D eigenvalue weighted by Gasteiger charge is -2.05. The molecule has 0 amide bonds. The lowest BCUT2D eigenvalue weighted by molar-refractivity contribution is 0.414. The second kappa shape index (κ2) is 7.32. The standard InChI is InChI=1S/C17H14ClNO3S/c1-22-16-8-4-14(5-9-16)12-23(20,21)17(11-19)10-13-2-6-15(18)7-3-13/h2-10H,12H2,1H3. The number of hydrogen-bond acceptors (Lipinski definition) is 4. The van der Waals surface area contributed by atoms with E-state index in [9.17, 15) is 13.7 Å². The van der Waals surface area contributed by atoms with Crippen LogP contribution in [-0.4, -0.2) is 15.5 Å². The molecular formula is C17H14ClNO3S. The smallest absolute Gasteiger partial charge is 0.192 e. The summed E-state index contributed by atoms with van der Waals surface area (Å²) in [7, 11) is -2.19. The molecule has 6 heteroatoms. The maximum Gasteiger partial charge on any atom is 0.192 e. The molecule has 0 unspecified atom stereocenters. The Balaban J connectivity index is 2.28. The van der Waals surface area contributed by atoms with Crippen molar-refractivity contribution in [2.24, 2.45) is 0 Å². The largest absolute Gasteiger partial charge is 0.497 e. The van der Waals surface area contributed by atoms with E-state index in [0.717, 1.165) is 0 Å². The lowest BCUT2D eigenvalue weighted by atomic mass is 10.2. The molecule has 0 fully saturated rings. The van der Waals surface area contributed by atoms with Crippen molar-refractivity contribution in [1.29, 1.82) is 5.26 Å². The fraction of sp³-hybridized carbons (Fsp3) is 0.118. The highest BCUT2D eigenvalue weighted by atomic mass is 35.5. The molecule has 2 rings (SSSR count). The average molecular weight is 348 g/mol. The van der Waals surface area contributed by atoms with Gasteiger partial charge in [0.15, 0.2) is 9.84 Å². The summed E-state index contributed by atoms with van der Waals surface area (Å²) in [5.74, 6) is 0.396. The minimum absolute atomic E-state index is 0.246. The molecule has 0 saturated carbocycles. The third kappa shape index (κ3) is 4.59. The number of halogens is 1. The molecule has 0 atom stereocenters. The zero-order chi connectivity index (χ0) is 16.9. The Bertz CT molecular complexity index is 848. The van der Waals surface area contributed by atoms with Crippen molar-refractivity contribution < 1.29 is 13.2 Å². The molecule has 0 radical (unpaired) electrons. The van der Waals surface area contributed by atoms with Crippen molar-refractivity contribution in [3.63, 3.8) is 0 Å². The van der Waals surface area contributed by atoms with Crippen LogP contribution in [0, 0.1) is 11.3 Å². The van der Waals surface area contributed by atoms with Gasteiger partial charge in [-0.05, 0) is 41.5 Å². The predicted octanol–water partition coefficient (Wildman–Crippen LogP) is 3.83. The van der Waals surface area contributed by atoms with E-state index in [2.05, 4.69) is 0 Å². The van der Waals surface area contributed by atoms with Crippen LogP contribution in [0.1, 0.15) is 11.1 Å². The highest BCUT2D eigenvalue weighted by Gasteiger charge is 2.18. The Morgan fingerprint density at radius 3 is 2.30 bits per heavy atom. The van der Waals surface area contributed by atoms with E-state index < -0.39 is 9.84 Å². The highest BCUT2D eigenvalue weighted by molar-refractivity contribution is 7.95. The Morgan fingerprint density at radius 2 is 1.78 bits per heavy atom. The molecule has 0 N–H and O–H groups in total. The molecule has 0 bridgehead atoms. The van der Waals surface area contributed by atoms with E-state index in [1.54, 1.807) is 54.6 Å². The molecule has 0 aliphatic heterocycles. The van der Waals surface area contributed by atoms with Crippen LogP contribution in [0.25, 0.3) is 6.08 Å². The molecule has 2 aromatic carbocycles. The maximum atomic E-state index is 12.4. The first-order chi connectivity index (χ1) is 10.9. The fourth-order valence-corrected chi connectivity index (χ4v) is 3.29. The number of nitrogens with zero attached hydrogens (tertiary/aromatic N) is 1. The van der Waals surface area contributed by atoms with Crippen LogP contribution in [0.5, 0.6) is 5.75 Å². The van der Waals surface area contributed by atoms with Crippen molar-refractivity contribution in [2.75, 3.05) is 7.11 Å². The predicted molar refractivity (Wildman–Crippen MR) is 90.7 cm³/mol. The van der Waals surface area contributed by atoms with Crippen LogP contribution < -0.4 is 4.74 Å². The van der Waals surface area contributed by atoms with E-state index in [-0.39, 0.29) is 10.7 Å². The van der Waals surface area contributed by atoms with Gasteiger partial charge in [-0.2, -0.15) is 5.26 Å². The number of hydrogen-bond donors (Lipinski definition) is 0. The van der Waals surface area contributed by atoms with Crippen molar-refractivity contribution in [3.8, 4) is 11.8 Å². The molecule has 2 aromatic rings. The van der Waals surface area contributed by atoms with Gasteiger partial charge in [0.1, 0.15) is 16.7 Å². The van der Waals surface area contributed by atoms with Gasteiger partial charge in [-0.15, -0.1) is 0 Å². The summed E-state index contributed by atoms with van der Waals surface area (Å²) in [6.45, 7) is 0. The van der Waals surface area contributed by atoms with Gasteiger partial charge >= 0.3 is 0 Å². The Labute approximate surface area is 140 Å². The van der Waals surface area contributed by atoms with Crippen molar-refractivity contribution in [1.82, 2.24) is 0 Å². The summed E-state index contributed by atoms with van der Waals surface area (Å²) >= 11 is 5.79. The minimum Gasteiger partial charge on any atom is -0.497 e. The van der Waals surface area contributed by atoms with Crippen LogP contribution in [0.4, 0.5) is 0 Å². The van der Waals surface area contributed by atoms with Crippen LogP contribution in [0.2, 0.25) is 5.02 Å². The third-order valence-electron chi connectivity index (χ3n) is 3.13. The van der Waals surface area contributed by atoms with Gasteiger partial charge in [0.25, 0.3) is 0 Å². The van der Waals surface area contributed by atoms with E-state index in [1.807, 2.05) is 0 Å². The van der Waals surface area contributed by atoms with Gasteiger partial charge in [0.2, 0.25) is 0 Å². The second-order valence-electron chi connectivity index (χ2n) is 4.78. The lowest BCUT2D eigenvalue weighted by Crippen LogP contribution is -2.06. The molecule has 0 saturated heterocycles. The van der Waals surface area contributed by atoms with Crippen LogP contribution in [0.3, 0.4) is 0 Å². The van der Waals surface area contributed by atoms with E-state index >= 15 is 0 Å². The summed E-state index contributed by atoms with van der Waals surface area (Å²) < 4.78 is 29.9. The second-order valence-corrected chi connectivity index (χ2v) is 7.17. The van der Waals surface area contributed by atoms with E-state index in [1.165, 1.54) is 13.2 Å². The van der Waals surface area contributed by atoms with Gasteiger partial charge in [-0.1, -0.05) is 35.9 Å². The summed E-state index contributed by atoms with van der Waals surface area (Å²) in [5.41, 5.74) is 1.19. The van der Waals surface area contributed by atoms with Gasteiger partial charge in [-0.25, -0.2) is 8.42 Å². The van der Waals surface area contributed by atoms with E-state index in [0.29, 0.717) is 21.9 Å². The zero-order valence-electron chi connectivity index (χ0n) is 12.4. The fourth-order valence-electron chi connectivity index (χ4n) is 1.92. The Kier molecular flexibility index (Phi) is 5.43. The molecule has 0 aromatic heterocycles. The van der Waals surface area contributed by atoms with Crippen LogP contribution >= 0.6 is 11.6 Å². The number of nitriles is 1. The molecule has 23 heavy (non-hydrogen) atoms. The first kappa shape index (κ1) is 17.1. The average Bonchev–Trinajstić information content (AvgIpc) is 2.54. The Morgan fingerprint density at radius 1 is 1.17 bits per heavy atom. The number of allylic oxidation sites excluding steroid dienone is 1. The summed E-state index contributed by atoms with van der Waals surface area (Å²) in [5, 5.41) is 9.74. The van der Waals surface area contributed by atoms with Gasteiger partial charge in [0.05, 0.1) is 12.9 Å². The first-order valence-corrected chi connectivity index (χ1v) is 8.70. The molecule has 118 valence electrons. The van der Waals surface area contributed by atoms with Crippen molar-refractivity contribution >= 4 is 27.5 Å². The first-order valence-electron chi connectivity index (χ1n) is 6.67. The maximum absolute atomic E-state index is 12.4. The molecule has 0 aliphatic rings. The molecule has 0 heterocycles. The monoisotopic (exact) mass is 347 g/mol. The van der Waals surface area contributed by atoms with Crippen LogP contribution in [-0.2, 0) is 15.6 Å². The molecule has 0 aliphatic carbocycles. The minimum atomic E-state index is -3.73. The van der Waals surface area contributed by atoms with Crippen molar-refractivity contribution in [3.05, 3.63) is 69.6 Å². The topological polar surface area (TPSA) is 67.2 Å². The van der Waals surface area contributed by atoms with Crippen molar-refractivity contribution in [2.45, 2.75) is 5.75 Å².